The van der Waals surface area contributed by atoms with Gasteiger partial charge < -0.3 is 5.32 Å². The number of amides is 1. The molecule has 4 heteroatoms. The summed E-state index contributed by atoms with van der Waals surface area (Å²) in [7, 11) is 0. The Balaban J connectivity index is 1.87. The molecule has 3 rings (SSSR count). The van der Waals surface area contributed by atoms with Crippen LogP contribution in [0, 0.1) is 12.8 Å². The Hall–Kier alpha value is -1.68. The predicted octanol–water partition coefficient (Wildman–Crippen LogP) is 3.65. The maximum Gasteiger partial charge on any atom is 0.263 e. The van der Waals surface area contributed by atoms with Crippen molar-refractivity contribution in [2.24, 2.45) is 5.92 Å². The second-order valence-electron chi connectivity index (χ2n) is 5.38. The Bertz CT molecular complexity index is 617. The number of aryl methyl sites for hydroxylation is 1. The largest absolute Gasteiger partial charge is 0.349 e. The number of nitrogens with one attached hydrogen (secondary N) is 1. The lowest BCUT2D eigenvalue weighted by atomic mass is 10.1. The van der Waals surface area contributed by atoms with Crippen LogP contribution in [0.2, 0.25) is 0 Å². The van der Waals surface area contributed by atoms with Crippen LogP contribution in [0.25, 0.3) is 11.3 Å². The molecule has 1 N–H and O–H groups in total. The highest BCUT2D eigenvalue weighted by molar-refractivity contribution is 7.14. The van der Waals surface area contributed by atoms with Gasteiger partial charge in [0.1, 0.15) is 4.88 Å². The van der Waals surface area contributed by atoms with Gasteiger partial charge in [0.2, 0.25) is 0 Å². The quantitative estimate of drug-likeness (QED) is 0.932. The van der Waals surface area contributed by atoms with Crippen molar-refractivity contribution in [2.75, 3.05) is 0 Å². The fourth-order valence-corrected chi connectivity index (χ4v) is 3.20. The van der Waals surface area contributed by atoms with E-state index in [2.05, 4.69) is 17.2 Å². The van der Waals surface area contributed by atoms with Gasteiger partial charge in [-0.2, -0.15) is 0 Å². The molecule has 0 unspecified atom stereocenters. The zero-order valence-electron chi connectivity index (χ0n) is 11.7. The first kappa shape index (κ1) is 13.3. The van der Waals surface area contributed by atoms with Crippen LogP contribution in [-0.4, -0.2) is 16.9 Å². The van der Waals surface area contributed by atoms with Gasteiger partial charge in [-0.05, 0) is 32.6 Å². The normalized spacial score (nSPS) is 15.9. The van der Waals surface area contributed by atoms with E-state index in [1.54, 1.807) is 0 Å². The van der Waals surface area contributed by atoms with Crippen LogP contribution in [-0.2, 0) is 0 Å². The lowest BCUT2D eigenvalue weighted by Crippen LogP contribution is -2.33. The van der Waals surface area contributed by atoms with Crippen molar-refractivity contribution < 1.29 is 4.79 Å². The average molecular weight is 286 g/mol. The molecule has 1 atom stereocenters. The molecule has 0 spiro atoms. The Kier molecular flexibility index (Phi) is 3.57. The lowest BCUT2D eigenvalue weighted by Gasteiger charge is -2.12. The molecule has 0 radical (unpaired) electrons. The third kappa shape index (κ3) is 2.75. The summed E-state index contributed by atoms with van der Waals surface area (Å²) in [6.45, 7) is 4.03. The molecule has 2 aromatic rings. The third-order valence-corrected chi connectivity index (χ3v) is 4.64. The summed E-state index contributed by atoms with van der Waals surface area (Å²) in [4.78, 5) is 17.7. The summed E-state index contributed by atoms with van der Waals surface area (Å²) in [5.74, 6) is 0.669. The van der Waals surface area contributed by atoms with Crippen molar-refractivity contribution in [1.29, 1.82) is 0 Å². The number of thiazole rings is 1. The highest BCUT2D eigenvalue weighted by Crippen LogP contribution is 2.33. The maximum absolute atomic E-state index is 12.5. The van der Waals surface area contributed by atoms with E-state index in [-0.39, 0.29) is 11.9 Å². The van der Waals surface area contributed by atoms with Gasteiger partial charge in [-0.25, -0.2) is 4.98 Å². The number of carbonyl (C=O) groups excluding carboxylic acids is 1. The van der Waals surface area contributed by atoms with E-state index in [1.807, 2.05) is 37.3 Å². The molecular formula is C16H18N2OS. The predicted molar refractivity (Wildman–Crippen MR) is 81.9 cm³/mol. The lowest BCUT2D eigenvalue weighted by molar-refractivity contribution is 0.0940. The highest BCUT2D eigenvalue weighted by Gasteiger charge is 2.30. The summed E-state index contributed by atoms with van der Waals surface area (Å²) in [5, 5.41) is 4.04. The molecule has 1 aromatic heterocycles. The summed E-state index contributed by atoms with van der Waals surface area (Å²) < 4.78 is 0. The molecule has 20 heavy (non-hydrogen) atoms. The van der Waals surface area contributed by atoms with Crippen LogP contribution in [0.5, 0.6) is 0 Å². The van der Waals surface area contributed by atoms with Crippen molar-refractivity contribution in [3.8, 4) is 11.3 Å². The van der Waals surface area contributed by atoms with Crippen LogP contribution < -0.4 is 5.32 Å². The topological polar surface area (TPSA) is 42.0 Å². The summed E-state index contributed by atoms with van der Waals surface area (Å²) >= 11 is 1.47. The van der Waals surface area contributed by atoms with Crippen molar-refractivity contribution >= 4 is 17.2 Å². The Morgan fingerprint density at radius 1 is 1.35 bits per heavy atom. The number of aromatic nitrogens is 1. The zero-order valence-corrected chi connectivity index (χ0v) is 12.5. The van der Waals surface area contributed by atoms with Gasteiger partial charge in [0.15, 0.2) is 0 Å². The molecule has 0 bridgehead atoms. The van der Waals surface area contributed by atoms with Crippen LogP contribution in [0.1, 0.15) is 34.4 Å². The van der Waals surface area contributed by atoms with Crippen molar-refractivity contribution in [1.82, 2.24) is 10.3 Å². The number of rotatable bonds is 4. The van der Waals surface area contributed by atoms with Gasteiger partial charge >= 0.3 is 0 Å². The molecule has 0 aliphatic heterocycles. The van der Waals surface area contributed by atoms with E-state index in [4.69, 9.17) is 0 Å². The fourth-order valence-electron chi connectivity index (χ4n) is 2.36. The number of nitrogens with zero attached hydrogens (tertiary/aromatic N) is 1. The Morgan fingerprint density at radius 2 is 2.05 bits per heavy atom. The van der Waals surface area contributed by atoms with Crippen LogP contribution >= 0.6 is 11.3 Å². The van der Waals surface area contributed by atoms with E-state index < -0.39 is 0 Å². The van der Waals surface area contributed by atoms with Gasteiger partial charge in [-0.15, -0.1) is 11.3 Å². The van der Waals surface area contributed by atoms with Crippen molar-refractivity contribution in [3.05, 3.63) is 40.2 Å². The zero-order chi connectivity index (χ0) is 14.1. The number of benzene rings is 1. The van der Waals surface area contributed by atoms with Gasteiger partial charge in [0, 0.05) is 11.6 Å². The monoisotopic (exact) mass is 286 g/mol. The first-order valence-corrected chi connectivity index (χ1v) is 7.80. The minimum Gasteiger partial charge on any atom is -0.349 e. The van der Waals surface area contributed by atoms with Gasteiger partial charge in [0.25, 0.3) is 5.91 Å². The molecule has 104 valence electrons. The maximum atomic E-state index is 12.5. The van der Waals surface area contributed by atoms with Gasteiger partial charge in [-0.3, -0.25) is 4.79 Å². The summed E-state index contributed by atoms with van der Waals surface area (Å²) in [5.41, 5.74) is 1.80. The van der Waals surface area contributed by atoms with Crippen LogP contribution in [0.15, 0.2) is 30.3 Å². The van der Waals surface area contributed by atoms with Gasteiger partial charge in [-0.1, -0.05) is 30.3 Å². The molecular weight excluding hydrogens is 268 g/mol. The molecule has 1 amide bonds. The average Bonchev–Trinajstić information content (AvgIpc) is 3.22. The molecule has 1 aliphatic carbocycles. The minimum absolute atomic E-state index is 0.00820. The highest BCUT2D eigenvalue weighted by atomic mass is 32.1. The van der Waals surface area contributed by atoms with E-state index in [0.29, 0.717) is 5.92 Å². The molecule has 1 fully saturated rings. The van der Waals surface area contributed by atoms with Crippen LogP contribution in [0.4, 0.5) is 0 Å². The van der Waals surface area contributed by atoms with E-state index >= 15 is 0 Å². The number of hydrogen-bond donors (Lipinski definition) is 1. The number of hydrogen-bond acceptors (Lipinski definition) is 3. The SMILES string of the molecule is Cc1nc(-c2ccccc2)c(C(=O)N[C@H](C)C2CC2)s1. The number of carbonyl (C=O) groups is 1. The molecule has 1 saturated carbocycles. The van der Waals surface area contributed by atoms with Crippen molar-refractivity contribution in [2.45, 2.75) is 32.7 Å². The second-order valence-corrected chi connectivity index (χ2v) is 6.58. The summed E-state index contributed by atoms with van der Waals surface area (Å²) in [6.07, 6.45) is 2.46. The molecule has 1 aliphatic rings. The minimum atomic E-state index is 0.00820. The van der Waals surface area contributed by atoms with Crippen LogP contribution in [0.3, 0.4) is 0 Å². The van der Waals surface area contributed by atoms with E-state index in [0.717, 1.165) is 21.1 Å². The summed E-state index contributed by atoms with van der Waals surface area (Å²) in [6, 6.07) is 10.2. The molecule has 1 aromatic carbocycles. The van der Waals surface area contributed by atoms with Crippen molar-refractivity contribution in [3.63, 3.8) is 0 Å². The molecule has 1 heterocycles. The van der Waals surface area contributed by atoms with Gasteiger partial charge in [0.05, 0.1) is 10.7 Å². The first-order chi connectivity index (χ1) is 9.65. The standard InChI is InChI=1S/C16H18N2OS/c1-10(12-8-9-12)17-16(19)15-14(18-11(2)20-15)13-6-4-3-5-7-13/h3-7,10,12H,8-9H2,1-2H3,(H,17,19)/t10-/m1/s1. The van der Waals surface area contributed by atoms with E-state index in [9.17, 15) is 4.79 Å². The van der Waals surface area contributed by atoms with E-state index in [1.165, 1.54) is 24.2 Å². The first-order valence-electron chi connectivity index (χ1n) is 6.99. The molecule has 0 saturated heterocycles. The smallest absolute Gasteiger partial charge is 0.263 e. The third-order valence-electron chi connectivity index (χ3n) is 3.68. The molecule has 3 nitrogen and oxygen atoms in total. The Morgan fingerprint density at radius 3 is 2.70 bits per heavy atom. The Labute approximate surface area is 123 Å². The second kappa shape index (κ2) is 5.37. The fraction of sp³-hybridized carbons (Fsp3) is 0.375.